The number of methoxy groups -OCH3 is 3. The molecule has 0 aliphatic carbocycles. The molecule has 0 aromatic heterocycles. The lowest BCUT2D eigenvalue weighted by atomic mass is 10.1. The predicted molar refractivity (Wildman–Crippen MR) is 110 cm³/mol. The van der Waals surface area contributed by atoms with E-state index in [2.05, 4.69) is 30.9 Å². The maximum absolute atomic E-state index is 10.5. The normalized spacial score (nSPS) is 12.1. The molecule has 0 radical (unpaired) electrons. The summed E-state index contributed by atoms with van der Waals surface area (Å²) in [7, 11) is 4.66. The Balaban J connectivity index is 1.99. The fourth-order valence-electron chi connectivity index (χ4n) is 2.93. The predicted octanol–water partition coefficient (Wildman–Crippen LogP) is 3.36. The molecule has 1 N–H and O–H groups in total. The van der Waals surface area contributed by atoms with Crippen LogP contribution in [0.4, 0.5) is 0 Å². The molecule has 6 nitrogen and oxygen atoms in total. The Labute approximate surface area is 167 Å². The van der Waals surface area contributed by atoms with Crippen molar-refractivity contribution >= 4 is 0 Å². The van der Waals surface area contributed by atoms with Crippen LogP contribution in [0.3, 0.4) is 0 Å². The molecule has 1 unspecified atom stereocenters. The molecule has 0 bridgehead atoms. The van der Waals surface area contributed by atoms with Gasteiger partial charge in [-0.25, -0.2) is 0 Å². The van der Waals surface area contributed by atoms with Crippen LogP contribution in [-0.2, 0) is 6.54 Å². The number of ether oxygens (including phenoxy) is 4. The first-order valence-corrected chi connectivity index (χ1v) is 9.37. The minimum atomic E-state index is -0.634. The topological polar surface area (TPSA) is 60.4 Å². The van der Waals surface area contributed by atoms with Crippen molar-refractivity contribution in [3.05, 3.63) is 48.0 Å². The molecule has 0 saturated carbocycles. The highest BCUT2D eigenvalue weighted by Gasteiger charge is 2.18. The van der Waals surface area contributed by atoms with Gasteiger partial charge >= 0.3 is 0 Å². The Morgan fingerprint density at radius 3 is 2.04 bits per heavy atom. The smallest absolute Gasteiger partial charge is 0.203 e. The van der Waals surface area contributed by atoms with Crippen LogP contribution >= 0.6 is 0 Å². The molecular weight excluding hydrogens is 358 g/mol. The molecule has 28 heavy (non-hydrogen) atoms. The summed E-state index contributed by atoms with van der Waals surface area (Å²) in [6, 6.07) is 14.0. The van der Waals surface area contributed by atoms with E-state index >= 15 is 0 Å². The summed E-state index contributed by atoms with van der Waals surface area (Å²) >= 11 is 0. The highest BCUT2D eigenvalue weighted by Crippen LogP contribution is 2.40. The van der Waals surface area contributed by atoms with Crippen molar-refractivity contribution in [1.29, 1.82) is 0 Å². The van der Waals surface area contributed by atoms with Crippen molar-refractivity contribution in [2.45, 2.75) is 32.5 Å². The fraction of sp³-hybridized carbons (Fsp3) is 0.455. The van der Waals surface area contributed by atoms with Crippen LogP contribution < -0.4 is 18.9 Å². The molecule has 1 atom stereocenters. The van der Waals surface area contributed by atoms with E-state index in [0.29, 0.717) is 35.6 Å². The largest absolute Gasteiger partial charge is 0.493 e. The zero-order valence-corrected chi connectivity index (χ0v) is 17.3. The zero-order valence-electron chi connectivity index (χ0n) is 17.3. The van der Waals surface area contributed by atoms with Gasteiger partial charge in [0.05, 0.1) is 21.3 Å². The van der Waals surface area contributed by atoms with Crippen LogP contribution in [-0.4, -0.2) is 56.6 Å². The Morgan fingerprint density at radius 1 is 0.929 bits per heavy atom. The second kappa shape index (κ2) is 10.8. The summed E-state index contributed by atoms with van der Waals surface area (Å²) in [5.41, 5.74) is 1.22. The second-order valence-corrected chi connectivity index (χ2v) is 6.83. The molecule has 0 aliphatic rings. The summed E-state index contributed by atoms with van der Waals surface area (Å²) in [6.07, 6.45) is -0.634. The van der Waals surface area contributed by atoms with E-state index in [1.54, 1.807) is 33.5 Å². The van der Waals surface area contributed by atoms with Gasteiger partial charge < -0.3 is 24.1 Å². The Kier molecular flexibility index (Phi) is 8.42. The number of aliphatic hydroxyl groups excluding tert-OH is 1. The van der Waals surface area contributed by atoms with E-state index < -0.39 is 6.10 Å². The van der Waals surface area contributed by atoms with E-state index in [4.69, 9.17) is 18.9 Å². The third-order valence-corrected chi connectivity index (χ3v) is 4.48. The van der Waals surface area contributed by atoms with Crippen LogP contribution in [0, 0.1) is 0 Å². The van der Waals surface area contributed by atoms with Gasteiger partial charge in [0.2, 0.25) is 5.75 Å². The first-order valence-electron chi connectivity index (χ1n) is 9.37. The van der Waals surface area contributed by atoms with Crippen molar-refractivity contribution < 1.29 is 24.1 Å². The summed E-state index contributed by atoms with van der Waals surface area (Å²) in [5.74, 6) is 2.08. The highest BCUT2D eigenvalue weighted by atomic mass is 16.5. The average Bonchev–Trinajstić information content (AvgIpc) is 2.71. The molecule has 0 amide bonds. The van der Waals surface area contributed by atoms with Crippen molar-refractivity contribution in [2.75, 3.05) is 34.5 Å². The van der Waals surface area contributed by atoms with Crippen LogP contribution in [0.5, 0.6) is 23.0 Å². The molecule has 154 valence electrons. The lowest BCUT2D eigenvalue weighted by Gasteiger charge is -2.29. The number of rotatable bonds is 11. The van der Waals surface area contributed by atoms with Gasteiger partial charge in [-0.05, 0) is 19.4 Å². The summed E-state index contributed by atoms with van der Waals surface area (Å²) in [4.78, 5) is 2.22. The van der Waals surface area contributed by atoms with Crippen LogP contribution in [0.1, 0.15) is 19.4 Å². The number of nitrogens with zero attached hydrogens (tertiary/aromatic N) is 1. The van der Waals surface area contributed by atoms with E-state index in [1.807, 2.05) is 18.2 Å². The second-order valence-electron chi connectivity index (χ2n) is 6.83. The molecule has 2 rings (SSSR count). The lowest BCUT2D eigenvalue weighted by Crippen LogP contribution is -2.39. The Bertz CT molecular complexity index is 695. The van der Waals surface area contributed by atoms with Crippen LogP contribution in [0.15, 0.2) is 42.5 Å². The van der Waals surface area contributed by atoms with Crippen molar-refractivity contribution in [2.24, 2.45) is 0 Å². The van der Waals surface area contributed by atoms with Crippen LogP contribution in [0.2, 0.25) is 0 Å². The van der Waals surface area contributed by atoms with E-state index in [-0.39, 0.29) is 6.61 Å². The SMILES string of the molecule is COc1cc(OCC(O)CN(Cc2ccccc2)C(C)C)cc(OC)c1OC. The molecule has 0 aliphatic heterocycles. The van der Waals surface area contributed by atoms with Gasteiger partial charge in [-0.2, -0.15) is 0 Å². The standard InChI is InChI=1S/C22H31NO5/c1-16(2)23(13-17-9-7-6-8-10-17)14-18(24)15-28-19-11-20(25-3)22(27-5)21(12-19)26-4/h6-12,16,18,24H,13-15H2,1-5H3. The summed E-state index contributed by atoms with van der Waals surface area (Å²) in [6.45, 7) is 5.69. The number of hydrogen-bond acceptors (Lipinski definition) is 6. The quantitative estimate of drug-likeness (QED) is 0.636. The summed E-state index contributed by atoms with van der Waals surface area (Å²) in [5, 5.41) is 10.5. The van der Waals surface area contributed by atoms with E-state index in [1.165, 1.54) is 5.56 Å². The van der Waals surface area contributed by atoms with Gasteiger partial charge in [0.1, 0.15) is 18.5 Å². The Morgan fingerprint density at radius 2 is 1.54 bits per heavy atom. The van der Waals surface area contributed by atoms with E-state index in [9.17, 15) is 5.11 Å². The molecule has 6 heteroatoms. The highest BCUT2D eigenvalue weighted by molar-refractivity contribution is 5.55. The first kappa shape index (κ1) is 21.9. The fourth-order valence-corrected chi connectivity index (χ4v) is 2.93. The van der Waals surface area contributed by atoms with Gasteiger partial charge in [0.15, 0.2) is 11.5 Å². The zero-order chi connectivity index (χ0) is 20.5. The van der Waals surface area contributed by atoms with Gasteiger partial charge in [0, 0.05) is 31.3 Å². The summed E-state index contributed by atoms with van der Waals surface area (Å²) < 4.78 is 21.8. The number of hydrogen-bond donors (Lipinski definition) is 1. The van der Waals surface area contributed by atoms with Gasteiger partial charge in [-0.1, -0.05) is 30.3 Å². The molecule has 2 aromatic carbocycles. The average molecular weight is 389 g/mol. The lowest BCUT2D eigenvalue weighted by molar-refractivity contribution is 0.0541. The van der Waals surface area contributed by atoms with Crippen molar-refractivity contribution in [3.63, 3.8) is 0 Å². The van der Waals surface area contributed by atoms with Gasteiger partial charge in [0.25, 0.3) is 0 Å². The van der Waals surface area contributed by atoms with Gasteiger partial charge in [-0.15, -0.1) is 0 Å². The maximum Gasteiger partial charge on any atom is 0.203 e. The number of benzene rings is 2. The third kappa shape index (κ3) is 6.04. The molecule has 0 heterocycles. The van der Waals surface area contributed by atoms with Crippen LogP contribution in [0.25, 0.3) is 0 Å². The maximum atomic E-state index is 10.5. The first-order chi connectivity index (χ1) is 13.5. The van der Waals surface area contributed by atoms with Gasteiger partial charge in [-0.3, -0.25) is 4.90 Å². The molecule has 2 aromatic rings. The molecule has 0 saturated heterocycles. The molecular formula is C22H31NO5. The van der Waals surface area contributed by atoms with Crippen molar-refractivity contribution in [3.8, 4) is 23.0 Å². The molecule has 0 spiro atoms. The van der Waals surface area contributed by atoms with Crippen molar-refractivity contribution in [1.82, 2.24) is 4.90 Å². The minimum Gasteiger partial charge on any atom is -0.493 e. The number of aliphatic hydroxyl groups is 1. The third-order valence-electron chi connectivity index (χ3n) is 4.48. The monoisotopic (exact) mass is 389 g/mol. The molecule has 0 fully saturated rings. The minimum absolute atomic E-state index is 0.163. The van der Waals surface area contributed by atoms with E-state index in [0.717, 1.165) is 6.54 Å². The Hall–Kier alpha value is -2.44.